The Labute approximate surface area is 308 Å². The molecule has 2 saturated heterocycles. The zero-order chi connectivity index (χ0) is 37.6. The lowest BCUT2D eigenvalue weighted by Crippen LogP contribution is -2.42. The fraction of sp³-hybridized carbons (Fsp3) is 0.600. The summed E-state index contributed by atoms with van der Waals surface area (Å²) in [6, 6.07) is -0.950. The number of hydrogen-bond donors (Lipinski definition) is 2. The molecule has 4 fully saturated rings. The molecule has 4 aliphatic rings. The maximum atomic E-state index is 11.7. The SMILES string of the molecule is C=CC(=O)OCC1NC(C#CC2CCC(C3CCC(C#CC4NC(COC(=O)C=C)C(COC(=O)C=C)N4C)CC3)CC2)N(C)C1COC(=O)C=C. The molecule has 0 aromatic heterocycles. The molecule has 12 nitrogen and oxygen atoms in total. The van der Waals surface area contributed by atoms with Crippen LogP contribution in [0.4, 0.5) is 0 Å². The highest BCUT2D eigenvalue weighted by atomic mass is 16.5. The van der Waals surface area contributed by atoms with Crippen LogP contribution in [0.25, 0.3) is 0 Å². The monoisotopic (exact) mass is 718 g/mol. The van der Waals surface area contributed by atoms with Gasteiger partial charge in [-0.3, -0.25) is 20.4 Å². The lowest BCUT2D eigenvalue weighted by molar-refractivity contribution is -0.141. The molecule has 6 unspecified atom stereocenters. The molecule has 2 saturated carbocycles. The second-order valence-corrected chi connectivity index (χ2v) is 14.0. The van der Waals surface area contributed by atoms with Gasteiger partial charge >= 0.3 is 23.9 Å². The van der Waals surface area contributed by atoms with E-state index in [2.05, 4.69) is 60.6 Å². The van der Waals surface area contributed by atoms with Gasteiger partial charge in [-0.2, -0.15) is 0 Å². The van der Waals surface area contributed by atoms with E-state index in [1.54, 1.807) is 0 Å². The molecule has 0 radical (unpaired) electrons. The molecule has 0 bridgehead atoms. The highest BCUT2D eigenvalue weighted by Crippen LogP contribution is 2.41. The largest absolute Gasteiger partial charge is 0.461 e. The van der Waals surface area contributed by atoms with Crippen molar-refractivity contribution < 1.29 is 38.1 Å². The highest BCUT2D eigenvalue weighted by Gasteiger charge is 2.41. The number of nitrogens with one attached hydrogen (secondary N) is 2. The maximum absolute atomic E-state index is 11.7. The summed E-state index contributed by atoms with van der Waals surface area (Å²) in [5.74, 6) is 13.9. The molecular formula is C40H54N4O8. The van der Waals surface area contributed by atoms with Crippen LogP contribution in [0.2, 0.25) is 0 Å². The van der Waals surface area contributed by atoms with Crippen molar-refractivity contribution in [3.63, 3.8) is 0 Å². The molecule has 6 atom stereocenters. The summed E-state index contributed by atoms with van der Waals surface area (Å²) < 4.78 is 21.2. The molecule has 282 valence electrons. The molecule has 2 N–H and O–H groups in total. The molecular weight excluding hydrogens is 664 g/mol. The van der Waals surface area contributed by atoms with Gasteiger partial charge in [0.05, 0.1) is 24.2 Å². The first kappa shape index (κ1) is 40.6. The number of esters is 4. The Kier molecular flexibility index (Phi) is 15.7. The quantitative estimate of drug-likeness (QED) is 0.126. The van der Waals surface area contributed by atoms with E-state index >= 15 is 0 Å². The number of carbonyl (C=O) groups excluding carboxylic acids is 4. The van der Waals surface area contributed by atoms with Crippen LogP contribution in [0.1, 0.15) is 51.4 Å². The van der Waals surface area contributed by atoms with Crippen LogP contribution in [-0.2, 0) is 38.1 Å². The van der Waals surface area contributed by atoms with Gasteiger partial charge in [-0.25, -0.2) is 19.2 Å². The summed E-state index contributed by atoms with van der Waals surface area (Å²) >= 11 is 0. The van der Waals surface area contributed by atoms with Gasteiger partial charge in [0, 0.05) is 36.1 Å². The van der Waals surface area contributed by atoms with Gasteiger partial charge in [0.2, 0.25) is 0 Å². The van der Waals surface area contributed by atoms with Gasteiger partial charge < -0.3 is 18.9 Å². The van der Waals surface area contributed by atoms with Gasteiger partial charge in [-0.15, -0.1) is 0 Å². The van der Waals surface area contributed by atoms with Crippen molar-refractivity contribution >= 4 is 23.9 Å². The van der Waals surface area contributed by atoms with Crippen molar-refractivity contribution in [2.24, 2.45) is 23.7 Å². The minimum atomic E-state index is -0.506. The van der Waals surface area contributed by atoms with Crippen LogP contribution >= 0.6 is 0 Å². The molecule has 0 aromatic rings. The van der Waals surface area contributed by atoms with Gasteiger partial charge in [0.25, 0.3) is 0 Å². The van der Waals surface area contributed by atoms with E-state index in [1.165, 1.54) is 25.7 Å². The maximum Gasteiger partial charge on any atom is 0.330 e. The van der Waals surface area contributed by atoms with Crippen LogP contribution in [0.5, 0.6) is 0 Å². The Morgan fingerprint density at radius 2 is 0.846 bits per heavy atom. The molecule has 0 spiro atoms. The Bertz CT molecular complexity index is 1330. The van der Waals surface area contributed by atoms with Crippen LogP contribution in [0.3, 0.4) is 0 Å². The fourth-order valence-corrected chi connectivity index (χ4v) is 7.66. The van der Waals surface area contributed by atoms with Crippen molar-refractivity contribution in [1.82, 2.24) is 20.4 Å². The van der Waals surface area contributed by atoms with Crippen molar-refractivity contribution in [3.05, 3.63) is 50.6 Å². The van der Waals surface area contributed by atoms with E-state index in [-0.39, 0.29) is 62.9 Å². The molecule has 0 amide bonds. The van der Waals surface area contributed by atoms with E-state index in [4.69, 9.17) is 18.9 Å². The van der Waals surface area contributed by atoms with Gasteiger partial charge in [-0.1, -0.05) is 50.0 Å². The average molecular weight is 719 g/mol. The second-order valence-electron chi connectivity index (χ2n) is 14.0. The average Bonchev–Trinajstić information content (AvgIpc) is 3.65. The first-order valence-electron chi connectivity index (χ1n) is 18.2. The van der Waals surface area contributed by atoms with Crippen molar-refractivity contribution in [3.8, 4) is 23.7 Å². The van der Waals surface area contributed by atoms with Crippen molar-refractivity contribution in [1.29, 1.82) is 0 Å². The Morgan fingerprint density at radius 1 is 0.538 bits per heavy atom. The Morgan fingerprint density at radius 3 is 1.15 bits per heavy atom. The minimum Gasteiger partial charge on any atom is -0.461 e. The third-order valence-corrected chi connectivity index (χ3v) is 10.9. The molecule has 2 aliphatic heterocycles. The zero-order valence-corrected chi connectivity index (χ0v) is 30.6. The van der Waals surface area contributed by atoms with E-state index in [0.29, 0.717) is 23.7 Å². The lowest BCUT2D eigenvalue weighted by Gasteiger charge is -2.36. The smallest absolute Gasteiger partial charge is 0.330 e. The van der Waals surface area contributed by atoms with E-state index in [0.717, 1.165) is 50.0 Å². The summed E-state index contributed by atoms with van der Waals surface area (Å²) in [6.07, 6.45) is 13.0. The third kappa shape index (κ3) is 11.4. The van der Waals surface area contributed by atoms with Crippen LogP contribution in [0, 0.1) is 47.4 Å². The second kappa shape index (κ2) is 20.1. The van der Waals surface area contributed by atoms with Crippen LogP contribution in [0.15, 0.2) is 50.6 Å². The van der Waals surface area contributed by atoms with Gasteiger partial charge in [-0.05, 0) is 77.3 Å². The lowest BCUT2D eigenvalue weighted by atomic mass is 9.69. The highest BCUT2D eigenvalue weighted by molar-refractivity contribution is 5.82. The summed E-state index contributed by atoms with van der Waals surface area (Å²) in [5.41, 5.74) is 0. The first-order valence-corrected chi connectivity index (χ1v) is 18.2. The molecule has 52 heavy (non-hydrogen) atoms. The Hall–Kier alpha value is -4.20. The summed E-state index contributed by atoms with van der Waals surface area (Å²) in [7, 11) is 3.85. The molecule has 0 aromatic carbocycles. The summed E-state index contributed by atoms with van der Waals surface area (Å²) in [4.78, 5) is 50.9. The van der Waals surface area contributed by atoms with Gasteiger partial charge in [0.1, 0.15) is 38.8 Å². The predicted molar refractivity (Wildman–Crippen MR) is 196 cm³/mol. The zero-order valence-electron chi connectivity index (χ0n) is 30.6. The summed E-state index contributed by atoms with van der Waals surface area (Å²) in [5, 5.41) is 6.88. The molecule has 4 rings (SSSR count). The topological polar surface area (TPSA) is 136 Å². The molecule has 2 heterocycles. The normalized spacial score (nSPS) is 31.7. The number of likely N-dealkylation sites (N-methyl/N-ethyl adjacent to an activating group) is 2. The Balaban J connectivity index is 1.24. The number of rotatable bonds is 13. The van der Waals surface area contributed by atoms with E-state index in [9.17, 15) is 19.2 Å². The predicted octanol–water partition coefficient (Wildman–Crippen LogP) is 2.72. The van der Waals surface area contributed by atoms with E-state index < -0.39 is 23.9 Å². The molecule has 2 aliphatic carbocycles. The van der Waals surface area contributed by atoms with Crippen LogP contribution in [-0.4, -0.2) is 111 Å². The first-order chi connectivity index (χ1) is 25.1. The number of nitrogens with zero attached hydrogens (tertiary/aromatic N) is 2. The minimum absolute atomic E-state index is 0.113. The number of carbonyl (C=O) groups is 4. The van der Waals surface area contributed by atoms with Crippen molar-refractivity contribution in [2.45, 2.75) is 87.9 Å². The van der Waals surface area contributed by atoms with E-state index in [1.807, 2.05) is 23.9 Å². The van der Waals surface area contributed by atoms with Gasteiger partial charge in [0.15, 0.2) is 0 Å². The third-order valence-electron chi connectivity index (χ3n) is 10.9. The van der Waals surface area contributed by atoms with Crippen molar-refractivity contribution in [2.75, 3.05) is 40.5 Å². The van der Waals surface area contributed by atoms with Crippen LogP contribution < -0.4 is 10.6 Å². The number of ether oxygens (including phenoxy) is 4. The fourth-order valence-electron chi connectivity index (χ4n) is 7.66. The standard InChI is InChI=1S/C40H54N4O8/c1-7-37(45)49-23-31-33(25-51-39(47)9-3)43(5)35(41-31)21-15-27-11-17-29(18-12-27)30-19-13-28(14-20-30)16-22-36-42-32(24-50-38(46)8-2)34(44(36)6)26-52-40(48)10-4/h7-10,27-36,41-42H,1-4,11-14,17-20,23-26H2,5-6H3. The number of hydrogen-bond acceptors (Lipinski definition) is 12. The summed E-state index contributed by atoms with van der Waals surface area (Å²) in [6.45, 7) is 14.3. The molecule has 12 heteroatoms.